The van der Waals surface area contributed by atoms with Crippen molar-refractivity contribution < 1.29 is 0 Å². The Morgan fingerprint density at radius 1 is 1.09 bits per heavy atom. The Kier molecular flexibility index (Phi) is 4.67. The van der Waals surface area contributed by atoms with Gasteiger partial charge in [-0.3, -0.25) is 9.88 Å². The quantitative estimate of drug-likeness (QED) is 0.921. The van der Waals surface area contributed by atoms with Crippen molar-refractivity contribution in [2.45, 2.75) is 25.8 Å². The first kappa shape index (κ1) is 15.7. The van der Waals surface area contributed by atoms with Gasteiger partial charge in [-0.15, -0.1) is 12.4 Å². The third-order valence-electron chi connectivity index (χ3n) is 5.29. The van der Waals surface area contributed by atoms with E-state index in [1.54, 1.807) is 0 Å². The van der Waals surface area contributed by atoms with Crippen molar-refractivity contribution >= 4 is 23.3 Å². The van der Waals surface area contributed by atoms with E-state index in [-0.39, 0.29) is 12.4 Å². The van der Waals surface area contributed by atoms with Crippen LogP contribution in [-0.2, 0) is 6.54 Å². The standard InChI is InChI=1S/C18H23N3.ClH/c1-3-15-5-2-9-20-17(15)16(4-1)13-21-12-8-18(14-21)6-10-19-11-7-18;/h1-5,9,19H,6-8,10-14H2;1H. The van der Waals surface area contributed by atoms with Crippen LogP contribution in [0.1, 0.15) is 24.8 Å². The molecule has 3 nitrogen and oxygen atoms in total. The first-order valence-electron chi connectivity index (χ1n) is 8.10. The fourth-order valence-electron chi connectivity index (χ4n) is 4.06. The lowest BCUT2D eigenvalue weighted by Crippen LogP contribution is -2.38. The fourth-order valence-corrected chi connectivity index (χ4v) is 4.06. The molecular formula is C18H24ClN3. The van der Waals surface area contributed by atoms with Crippen LogP contribution in [0.25, 0.3) is 10.9 Å². The van der Waals surface area contributed by atoms with Crippen LogP contribution in [0.15, 0.2) is 36.5 Å². The Balaban J connectivity index is 0.00000144. The van der Waals surface area contributed by atoms with Crippen molar-refractivity contribution in [1.82, 2.24) is 15.2 Å². The molecule has 2 aliphatic rings. The predicted octanol–water partition coefficient (Wildman–Crippen LogP) is 3.23. The summed E-state index contributed by atoms with van der Waals surface area (Å²) < 4.78 is 0. The zero-order chi connectivity index (χ0) is 14.1. The molecule has 2 aromatic rings. The molecule has 4 heteroatoms. The van der Waals surface area contributed by atoms with Crippen molar-refractivity contribution in [3.05, 3.63) is 42.1 Å². The smallest absolute Gasteiger partial charge is 0.0746 e. The minimum Gasteiger partial charge on any atom is -0.317 e. The largest absolute Gasteiger partial charge is 0.317 e. The van der Waals surface area contributed by atoms with Gasteiger partial charge in [0.15, 0.2) is 0 Å². The lowest BCUT2D eigenvalue weighted by Gasteiger charge is -2.34. The Hall–Kier alpha value is -1.16. The van der Waals surface area contributed by atoms with Gasteiger partial charge < -0.3 is 5.32 Å². The molecule has 1 aromatic heterocycles. The summed E-state index contributed by atoms with van der Waals surface area (Å²) in [7, 11) is 0. The van der Waals surface area contributed by atoms with E-state index in [1.807, 2.05) is 12.3 Å². The number of aromatic nitrogens is 1. The highest BCUT2D eigenvalue weighted by Crippen LogP contribution is 2.39. The van der Waals surface area contributed by atoms with Crippen LogP contribution < -0.4 is 5.32 Å². The number of nitrogens with one attached hydrogen (secondary N) is 1. The van der Waals surface area contributed by atoms with Gasteiger partial charge in [0.25, 0.3) is 0 Å². The molecule has 1 N–H and O–H groups in total. The number of benzene rings is 1. The molecule has 2 fully saturated rings. The molecule has 0 radical (unpaired) electrons. The minimum atomic E-state index is 0. The first-order chi connectivity index (χ1) is 10.3. The predicted molar refractivity (Wildman–Crippen MR) is 93.4 cm³/mol. The number of halogens is 1. The summed E-state index contributed by atoms with van der Waals surface area (Å²) in [5.74, 6) is 0. The monoisotopic (exact) mass is 317 g/mol. The Morgan fingerprint density at radius 3 is 2.77 bits per heavy atom. The maximum Gasteiger partial charge on any atom is 0.0746 e. The Labute approximate surface area is 138 Å². The highest BCUT2D eigenvalue weighted by molar-refractivity contribution is 5.85. The van der Waals surface area contributed by atoms with Gasteiger partial charge in [0.2, 0.25) is 0 Å². The zero-order valence-electron chi connectivity index (χ0n) is 12.9. The van der Waals surface area contributed by atoms with Crippen LogP contribution in [0, 0.1) is 5.41 Å². The number of para-hydroxylation sites is 1. The molecule has 0 saturated carbocycles. The lowest BCUT2D eigenvalue weighted by molar-refractivity contribution is 0.194. The zero-order valence-corrected chi connectivity index (χ0v) is 13.7. The van der Waals surface area contributed by atoms with Crippen molar-refractivity contribution in [1.29, 1.82) is 0 Å². The normalized spacial score (nSPS) is 21.1. The molecule has 0 atom stereocenters. The summed E-state index contributed by atoms with van der Waals surface area (Å²) in [6.07, 6.45) is 5.96. The van der Waals surface area contributed by atoms with E-state index in [9.17, 15) is 0 Å². The molecule has 0 aliphatic carbocycles. The fraction of sp³-hybridized carbons (Fsp3) is 0.500. The number of nitrogens with zero attached hydrogens (tertiary/aromatic N) is 2. The van der Waals surface area contributed by atoms with Crippen LogP contribution in [0.5, 0.6) is 0 Å². The third-order valence-corrected chi connectivity index (χ3v) is 5.29. The maximum absolute atomic E-state index is 4.59. The maximum atomic E-state index is 4.59. The number of fused-ring (bicyclic) bond motifs is 1. The van der Waals surface area contributed by atoms with E-state index in [2.05, 4.69) is 39.5 Å². The number of hydrogen-bond acceptors (Lipinski definition) is 3. The molecule has 22 heavy (non-hydrogen) atoms. The van der Waals surface area contributed by atoms with Crippen LogP contribution in [0.3, 0.4) is 0 Å². The Morgan fingerprint density at radius 2 is 1.91 bits per heavy atom. The SMILES string of the molecule is Cl.c1cnc2c(CN3CCC4(CCNCC4)C3)cccc2c1. The average Bonchev–Trinajstić information content (AvgIpc) is 2.91. The lowest BCUT2D eigenvalue weighted by atomic mass is 9.78. The molecule has 118 valence electrons. The minimum absolute atomic E-state index is 0. The van der Waals surface area contributed by atoms with Crippen LogP contribution in [0.2, 0.25) is 0 Å². The van der Waals surface area contributed by atoms with E-state index in [0.717, 1.165) is 6.54 Å². The number of likely N-dealkylation sites (tertiary alicyclic amines) is 1. The van der Waals surface area contributed by atoms with E-state index in [1.165, 1.54) is 61.9 Å². The molecule has 1 spiro atoms. The van der Waals surface area contributed by atoms with E-state index < -0.39 is 0 Å². The molecule has 4 rings (SSSR count). The van der Waals surface area contributed by atoms with E-state index in [4.69, 9.17) is 0 Å². The first-order valence-corrected chi connectivity index (χ1v) is 8.10. The highest BCUT2D eigenvalue weighted by Gasteiger charge is 2.38. The van der Waals surface area contributed by atoms with E-state index in [0.29, 0.717) is 5.41 Å². The van der Waals surface area contributed by atoms with Crippen molar-refractivity contribution in [3.8, 4) is 0 Å². The second kappa shape index (κ2) is 6.53. The van der Waals surface area contributed by atoms with Crippen LogP contribution in [0.4, 0.5) is 0 Å². The van der Waals surface area contributed by atoms with Crippen molar-refractivity contribution in [2.24, 2.45) is 5.41 Å². The van der Waals surface area contributed by atoms with Gasteiger partial charge in [-0.05, 0) is 55.9 Å². The average molecular weight is 318 g/mol. The highest BCUT2D eigenvalue weighted by atomic mass is 35.5. The summed E-state index contributed by atoms with van der Waals surface area (Å²) in [6, 6.07) is 10.7. The van der Waals surface area contributed by atoms with Gasteiger partial charge >= 0.3 is 0 Å². The summed E-state index contributed by atoms with van der Waals surface area (Å²) in [4.78, 5) is 7.22. The summed E-state index contributed by atoms with van der Waals surface area (Å²) in [5.41, 5.74) is 3.13. The van der Waals surface area contributed by atoms with E-state index >= 15 is 0 Å². The number of pyridine rings is 1. The molecule has 2 saturated heterocycles. The van der Waals surface area contributed by atoms with Gasteiger partial charge in [0, 0.05) is 24.7 Å². The molecular weight excluding hydrogens is 294 g/mol. The second-order valence-electron chi connectivity index (χ2n) is 6.70. The van der Waals surface area contributed by atoms with Gasteiger partial charge in [-0.1, -0.05) is 24.3 Å². The molecule has 0 unspecified atom stereocenters. The molecule has 1 aromatic carbocycles. The number of hydrogen-bond donors (Lipinski definition) is 1. The summed E-state index contributed by atoms with van der Waals surface area (Å²) in [6.45, 7) is 5.94. The van der Waals surface area contributed by atoms with Gasteiger partial charge in [-0.25, -0.2) is 0 Å². The molecule has 3 heterocycles. The molecule has 0 amide bonds. The van der Waals surface area contributed by atoms with Crippen LogP contribution >= 0.6 is 12.4 Å². The van der Waals surface area contributed by atoms with Gasteiger partial charge in [0.1, 0.15) is 0 Å². The van der Waals surface area contributed by atoms with Crippen LogP contribution in [-0.4, -0.2) is 36.1 Å². The Bertz CT molecular complexity index is 632. The summed E-state index contributed by atoms with van der Waals surface area (Å²) in [5, 5.41) is 4.75. The third kappa shape index (κ3) is 2.98. The topological polar surface area (TPSA) is 28.2 Å². The number of rotatable bonds is 2. The van der Waals surface area contributed by atoms with Gasteiger partial charge in [-0.2, -0.15) is 0 Å². The second-order valence-corrected chi connectivity index (χ2v) is 6.70. The van der Waals surface area contributed by atoms with Gasteiger partial charge in [0.05, 0.1) is 5.52 Å². The molecule has 0 bridgehead atoms. The van der Waals surface area contributed by atoms with Crippen molar-refractivity contribution in [3.63, 3.8) is 0 Å². The summed E-state index contributed by atoms with van der Waals surface area (Å²) >= 11 is 0. The molecule has 2 aliphatic heterocycles. The van der Waals surface area contributed by atoms with Crippen molar-refractivity contribution in [2.75, 3.05) is 26.2 Å². The number of piperidine rings is 1.